The van der Waals surface area contributed by atoms with Gasteiger partial charge in [-0.1, -0.05) is 34.8 Å². The number of anilines is 1. The summed E-state index contributed by atoms with van der Waals surface area (Å²) in [5, 5.41) is 4.00. The second kappa shape index (κ2) is 10.3. The van der Waals surface area contributed by atoms with Crippen molar-refractivity contribution in [3.63, 3.8) is 0 Å². The van der Waals surface area contributed by atoms with Crippen LogP contribution in [0.1, 0.15) is 47.5 Å². The maximum Gasteiger partial charge on any atom is 0.231 e. The maximum absolute atomic E-state index is 12.9. The number of ketones is 1. The van der Waals surface area contributed by atoms with Crippen molar-refractivity contribution in [2.45, 2.75) is 35.9 Å². The summed E-state index contributed by atoms with van der Waals surface area (Å²) in [6.45, 7) is 1.31. The first-order valence-electron chi connectivity index (χ1n) is 10.7. The van der Waals surface area contributed by atoms with Gasteiger partial charge in [0.15, 0.2) is 5.78 Å². The molecule has 0 radical (unpaired) electrons. The summed E-state index contributed by atoms with van der Waals surface area (Å²) >= 11 is 31.2. The lowest BCUT2D eigenvalue weighted by molar-refractivity contribution is -0.117. The van der Waals surface area contributed by atoms with Gasteiger partial charge in [-0.05, 0) is 67.1 Å². The summed E-state index contributed by atoms with van der Waals surface area (Å²) in [4.78, 5) is 25.6. The summed E-state index contributed by atoms with van der Waals surface area (Å²) < 4.78 is 4.29. The first-order chi connectivity index (χ1) is 15.7. The van der Waals surface area contributed by atoms with E-state index in [1.165, 1.54) is 12.8 Å². The van der Waals surface area contributed by atoms with E-state index in [0.717, 1.165) is 6.61 Å². The van der Waals surface area contributed by atoms with Crippen LogP contribution in [0.3, 0.4) is 0 Å². The fourth-order valence-corrected chi connectivity index (χ4v) is 5.46. The molecule has 9 heteroatoms. The largest absolute Gasteiger partial charge is 0.381 e. The van der Waals surface area contributed by atoms with E-state index >= 15 is 0 Å². The molecule has 0 heterocycles. The number of carbonyl (C=O) groups excluding carboxylic acids is 2. The molecule has 2 saturated carbocycles. The SMILES string of the molecule is O=C(CCCOCC1CC1)c1cc(NC(=O)C2C(c3cc(Cl)cc(Cl)c3)C2(Cl)Cl)ccc1Cl. The molecule has 2 aromatic rings. The molecule has 2 atom stereocenters. The van der Waals surface area contributed by atoms with E-state index in [9.17, 15) is 9.59 Å². The Kier molecular flexibility index (Phi) is 7.84. The summed E-state index contributed by atoms with van der Waals surface area (Å²) in [5.41, 5.74) is 1.49. The Hall–Kier alpha value is -1.01. The molecule has 0 bridgehead atoms. The van der Waals surface area contributed by atoms with E-state index < -0.39 is 16.2 Å². The lowest BCUT2D eigenvalue weighted by Crippen LogP contribution is -2.17. The highest BCUT2D eigenvalue weighted by Crippen LogP contribution is 2.65. The average molecular weight is 550 g/mol. The Morgan fingerprint density at radius 2 is 1.73 bits per heavy atom. The highest BCUT2D eigenvalue weighted by Gasteiger charge is 2.67. The second-order valence-corrected chi connectivity index (χ2v) is 11.3. The molecular formula is C24H22Cl5NO3. The van der Waals surface area contributed by atoms with Crippen molar-refractivity contribution in [1.82, 2.24) is 0 Å². The molecule has 2 unspecified atom stereocenters. The minimum Gasteiger partial charge on any atom is -0.381 e. The summed E-state index contributed by atoms with van der Waals surface area (Å²) in [6.07, 6.45) is 3.39. The lowest BCUT2D eigenvalue weighted by Gasteiger charge is -2.09. The number of alkyl halides is 2. The Labute approximate surface area is 217 Å². The first-order valence-corrected chi connectivity index (χ1v) is 12.6. The number of rotatable bonds is 10. The molecule has 2 aliphatic rings. The molecule has 0 aliphatic heterocycles. The third-order valence-electron chi connectivity index (χ3n) is 5.86. The molecule has 1 N–H and O–H groups in total. The quantitative estimate of drug-likeness (QED) is 0.189. The van der Waals surface area contributed by atoms with Crippen LogP contribution >= 0.6 is 58.0 Å². The Balaban J connectivity index is 1.38. The van der Waals surface area contributed by atoms with Crippen LogP contribution in [0.15, 0.2) is 36.4 Å². The van der Waals surface area contributed by atoms with Crippen LogP contribution in [0.25, 0.3) is 0 Å². The van der Waals surface area contributed by atoms with Crippen molar-refractivity contribution in [3.05, 3.63) is 62.6 Å². The number of hydrogen-bond donors (Lipinski definition) is 1. The van der Waals surface area contributed by atoms with Crippen molar-refractivity contribution in [3.8, 4) is 0 Å². The van der Waals surface area contributed by atoms with E-state index in [0.29, 0.717) is 57.2 Å². The van der Waals surface area contributed by atoms with Crippen LogP contribution in [-0.2, 0) is 9.53 Å². The fraction of sp³-hybridized carbons (Fsp3) is 0.417. The number of amides is 1. The predicted molar refractivity (Wildman–Crippen MR) is 134 cm³/mol. The van der Waals surface area contributed by atoms with Gasteiger partial charge in [0.2, 0.25) is 5.91 Å². The van der Waals surface area contributed by atoms with Crippen molar-refractivity contribution in [1.29, 1.82) is 0 Å². The van der Waals surface area contributed by atoms with Crippen LogP contribution in [0.5, 0.6) is 0 Å². The number of ether oxygens (including phenoxy) is 1. The molecular weight excluding hydrogens is 528 g/mol. The Morgan fingerprint density at radius 1 is 1.03 bits per heavy atom. The van der Waals surface area contributed by atoms with Gasteiger partial charge in [0.05, 0.1) is 10.9 Å². The van der Waals surface area contributed by atoms with Gasteiger partial charge in [-0.15, -0.1) is 23.2 Å². The highest BCUT2D eigenvalue weighted by molar-refractivity contribution is 6.53. The van der Waals surface area contributed by atoms with Gasteiger partial charge in [0, 0.05) is 46.8 Å². The van der Waals surface area contributed by atoms with Crippen LogP contribution in [0.2, 0.25) is 15.1 Å². The smallest absolute Gasteiger partial charge is 0.231 e. The minimum absolute atomic E-state index is 0.104. The highest BCUT2D eigenvalue weighted by atomic mass is 35.5. The van der Waals surface area contributed by atoms with Gasteiger partial charge >= 0.3 is 0 Å². The zero-order valence-corrected chi connectivity index (χ0v) is 21.3. The maximum atomic E-state index is 12.9. The number of hydrogen-bond acceptors (Lipinski definition) is 3. The van der Waals surface area contributed by atoms with Gasteiger partial charge in [0.1, 0.15) is 4.33 Å². The van der Waals surface area contributed by atoms with E-state index in [2.05, 4.69) is 5.32 Å². The molecule has 4 rings (SSSR count). The van der Waals surface area contributed by atoms with Crippen LogP contribution in [-0.4, -0.2) is 29.2 Å². The van der Waals surface area contributed by atoms with Crippen LogP contribution in [0.4, 0.5) is 5.69 Å². The van der Waals surface area contributed by atoms with Gasteiger partial charge in [-0.25, -0.2) is 0 Å². The van der Waals surface area contributed by atoms with Crippen molar-refractivity contribution in [2.24, 2.45) is 11.8 Å². The molecule has 1 amide bonds. The molecule has 0 saturated heterocycles. The molecule has 2 aromatic carbocycles. The summed E-state index contributed by atoms with van der Waals surface area (Å²) in [7, 11) is 0. The zero-order valence-electron chi connectivity index (χ0n) is 17.6. The van der Waals surface area contributed by atoms with Crippen LogP contribution in [0, 0.1) is 11.8 Å². The molecule has 33 heavy (non-hydrogen) atoms. The zero-order chi connectivity index (χ0) is 23.8. The predicted octanol–water partition coefficient (Wildman–Crippen LogP) is 7.56. The number of nitrogens with one attached hydrogen (secondary N) is 1. The third-order valence-corrected chi connectivity index (χ3v) is 7.56. The molecule has 4 nitrogen and oxygen atoms in total. The van der Waals surface area contributed by atoms with Crippen molar-refractivity contribution >= 4 is 75.4 Å². The Bertz CT molecular complexity index is 1050. The minimum atomic E-state index is -1.29. The molecule has 176 valence electrons. The van der Waals surface area contributed by atoms with Crippen molar-refractivity contribution in [2.75, 3.05) is 18.5 Å². The standard InChI is InChI=1S/C24H22Cl5NO3/c25-15-8-14(9-16(26)10-15)21-22(24(21,28)29)23(32)30-17-5-6-19(27)18(11-17)20(31)2-1-7-33-12-13-3-4-13/h5-6,8-11,13,21-22H,1-4,7,12H2,(H,30,32). The topological polar surface area (TPSA) is 55.4 Å². The van der Waals surface area contributed by atoms with Crippen LogP contribution < -0.4 is 5.32 Å². The Morgan fingerprint density at radius 3 is 2.39 bits per heavy atom. The first kappa shape index (κ1) is 25.1. The van der Waals surface area contributed by atoms with E-state index in [-0.39, 0.29) is 11.7 Å². The van der Waals surface area contributed by atoms with Crippen molar-refractivity contribution < 1.29 is 14.3 Å². The third kappa shape index (κ3) is 6.17. The molecule has 0 aromatic heterocycles. The second-order valence-electron chi connectivity index (χ2n) is 8.56. The lowest BCUT2D eigenvalue weighted by atomic mass is 10.1. The number of benzene rings is 2. The number of halogens is 5. The van der Waals surface area contributed by atoms with Gasteiger partial charge < -0.3 is 10.1 Å². The molecule has 2 fully saturated rings. The average Bonchev–Trinajstić information content (AvgIpc) is 3.64. The van der Waals surface area contributed by atoms with E-state index in [4.69, 9.17) is 62.7 Å². The molecule has 2 aliphatic carbocycles. The monoisotopic (exact) mass is 547 g/mol. The van der Waals surface area contributed by atoms with E-state index in [1.807, 2.05) is 0 Å². The van der Waals surface area contributed by atoms with Gasteiger partial charge in [-0.3, -0.25) is 9.59 Å². The number of Topliss-reactive ketones (excluding diaryl/α,β-unsaturated/α-hetero) is 1. The van der Waals surface area contributed by atoms with Gasteiger partial charge in [0.25, 0.3) is 0 Å². The van der Waals surface area contributed by atoms with E-state index in [1.54, 1.807) is 36.4 Å². The molecule has 0 spiro atoms. The number of carbonyl (C=O) groups is 2. The van der Waals surface area contributed by atoms with Gasteiger partial charge in [-0.2, -0.15) is 0 Å². The summed E-state index contributed by atoms with van der Waals surface area (Å²) in [5.74, 6) is -0.935. The normalized spacial score (nSPS) is 21.0. The summed E-state index contributed by atoms with van der Waals surface area (Å²) in [6, 6.07) is 9.78. The fourth-order valence-electron chi connectivity index (χ4n) is 3.86.